The Balaban J connectivity index is 4.25. The number of nitrogens with zero attached hydrogens (tertiary/aromatic N) is 1. The monoisotopic (exact) mass is 695 g/mol. The van der Waals surface area contributed by atoms with Gasteiger partial charge >= 0.3 is 17.9 Å². The number of esters is 2. The second-order valence-electron chi connectivity index (χ2n) is 14.5. The number of carbonyl (C=O) groups excluding carboxylic acids is 2. The molecule has 0 rings (SSSR count). The fraction of sp³-hybridized carbons (Fsp3) is 0.829. The minimum absolute atomic E-state index is 0.0507. The van der Waals surface area contributed by atoms with Crippen molar-refractivity contribution in [2.45, 2.75) is 180 Å². The lowest BCUT2D eigenvalue weighted by Gasteiger charge is -2.31. The van der Waals surface area contributed by atoms with Gasteiger partial charge in [-0.2, -0.15) is 0 Å². The number of likely N-dealkylation sites (N-methyl/N-ethyl adjacent to an activating group) is 1. The molecule has 0 aromatic carbocycles. The number of quaternary nitrogens is 1. The van der Waals surface area contributed by atoms with E-state index in [1.54, 1.807) is 0 Å². The van der Waals surface area contributed by atoms with Crippen LogP contribution in [0.5, 0.6) is 0 Å². The molecule has 0 spiro atoms. The SMILES string of the molecule is CCCCC/C=C\C/C=C\CCCCCCCCCCCC(=O)OC(COCCC(C(=O)O)[N+](C)(C)C)COC(=O)CCCCCCCC. The molecule has 49 heavy (non-hydrogen) atoms. The van der Waals surface area contributed by atoms with Gasteiger partial charge in [0.1, 0.15) is 6.61 Å². The van der Waals surface area contributed by atoms with Gasteiger partial charge in [-0.05, 0) is 44.9 Å². The van der Waals surface area contributed by atoms with Crippen LogP contribution in [0.4, 0.5) is 0 Å². The van der Waals surface area contributed by atoms with Crippen molar-refractivity contribution in [1.82, 2.24) is 0 Å². The van der Waals surface area contributed by atoms with E-state index in [0.29, 0.717) is 19.3 Å². The van der Waals surface area contributed by atoms with Crippen LogP contribution in [0.2, 0.25) is 0 Å². The normalized spacial score (nSPS) is 13.2. The van der Waals surface area contributed by atoms with Crippen LogP contribution in [-0.4, -0.2) is 80.6 Å². The van der Waals surface area contributed by atoms with Gasteiger partial charge in [-0.25, -0.2) is 4.79 Å². The summed E-state index contributed by atoms with van der Waals surface area (Å²) >= 11 is 0. The Kier molecular flexibility index (Phi) is 31.5. The predicted molar refractivity (Wildman–Crippen MR) is 202 cm³/mol. The lowest BCUT2D eigenvalue weighted by molar-refractivity contribution is -0.887. The van der Waals surface area contributed by atoms with Gasteiger partial charge in [-0.1, -0.05) is 128 Å². The third kappa shape index (κ3) is 31.5. The number of carboxylic acids is 1. The van der Waals surface area contributed by atoms with E-state index >= 15 is 0 Å². The Morgan fingerprint density at radius 1 is 0.612 bits per heavy atom. The van der Waals surface area contributed by atoms with Crippen LogP contribution >= 0.6 is 0 Å². The first-order valence-electron chi connectivity index (χ1n) is 19.9. The van der Waals surface area contributed by atoms with Crippen molar-refractivity contribution in [2.75, 3.05) is 41.0 Å². The summed E-state index contributed by atoms with van der Waals surface area (Å²) in [5.41, 5.74) is 0. The zero-order valence-electron chi connectivity index (χ0n) is 32.4. The van der Waals surface area contributed by atoms with Crippen LogP contribution in [0.3, 0.4) is 0 Å². The summed E-state index contributed by atoms with van der Waals surface area (Å²) < 4.78 is 17.1. The molecule has 0 amide bonds. The van der Waals surface area contributed by atoms with Crippen molar-refractivity contribution in [3.63, 3.8) is 0 Å². The number of carboxylic acid groups (broad SMARTS) is 1. The van der Waals surface area contributed by atoms with Crippen molar-refractivity contribution in [2.24, 2.45) is 0 Å². The van der Waals surface area contributed by atoms with Gasteiger partial charge in [0, 0.05) is 19.3 Å². The first-order valence-corrected chi connectivity index (χ1v) is 19.9. The predicted octanol–water partition coefficient (Wildman–Crippen LogP) is 10.1. The molecule has 0 heterocycles. The highest BCUT2D eigenvalue weighted by molar-refractivity contribution is 5.72. The topological polar surface area (TPSA) is 99.1 Å². The highest BCUT2D eigenvalue weighted by atomic mass is 16.6. The van der Waals surface area contributed by atoms with Gasteiger partial charge in [0.25, 0.3) is 0 Å². The number of aliphatic carboxylic acids is 1. The second kappa shape index (κ2) is 33.0. The lowest BCUT2D eigenvalue weighted by atomic mass is 10.1. The summed E-state index contributed by atoms with van der Waals surface area (Å²) in [5, 5.41) is 9.56. The molecule has 0 saturated carbocycles. The third-order valence-electron chi connectivity index (χ3n) is 8.85. The molecule has 2 atom stereocenters. The number of rotatable bonds is 35. The number of hydrogen-bond donors (Lipinski definition) is 1. The van der Waals surface area contributed by atoms with Crippen LogP contribution in [0.1, 0.15) is 168 Å². The summed E-state index contributed by atoms with van der Waals surface area (Å²) in [5.74, 6) is -1.48. The zero-order chi connectivity index (χ0) is 36.4. The van der Waals surface area contributed by atoms with Crippen LogP contribution in [0.25, 0.3) is 0 Å². The van der Waals surface area contributed by atoms with Crippen molar-refractivity contribution in [3.05, 3.63) is 24.3 Å². The van der Waals surface area contributed by atoms with Crippen molar-refractivity contribution < 1.29 is 38.2 Å². The largest absolute Gasteiger partial charge is 0.477 e. The Morgan fingerprint density at radius 2 is 1.08 bits per heavy atom. The Bertz CT molecular complexity index is 864. The van der Waals surface area contributed by atoms with Gasteiger partial charge in [0.05, 0.1) is 34.4 Å². The standard InChI is InChI=1S/C41H75NO7/c1-6-8-10-12-14-15-16-17-18-19-20-21-22-23-24-25-26-28-30-32-40(44)49-37(35-47-34-33-38(41(45)46)42(3,4)5)36-48-39(43)31-29-27-13-11-9-7-2/h14-15,17-18,37-38H,6-13,16,19-36H2,1-5H3/p+1/b15-14-,18-17-. The van der Waals surface area contributed by atoms with Gasteiger partial charge in [-0.15, -0.1) is 0 Å². The molecular weight excluding hydrogens is 618 g/mol. The summed E-state index contributed by atoms with van der Waals surface area (Å²) in [4.78, 5) is 36.6. The number of hydrogen-bond acceptors (Lipinski definition) is 6. The summed E-state index contributed by atoms with van der Waals surface area (Å²) in [6.07, 6.45) is 33.8. The molecule has 0 bridgehead atoms. The van der Waals surface area contributed by atoms with Crippen LogP contribution in [-0.2, 0) is 28.6 Å². The van der Waals surface area contributed by atoms with Crippen LogP contribution in [0, 0.1) is 0 Å². The first-order chi connectivity index (χ1) is 23.6. The molecule has 286 valence electrons. The van der Waals surface area contributed by atoms with Crippen molar-refractivity contribution in [3.8, 4) is 0 Å². The van der Waals surface area contributed by atoms with E-state index in [9.17, 15) is 19.5 Å². The van der Waals surface area contributed by atoms with Gasteiger partial charge in [0.15, 0.2) is 12.1 Å². The van der Waals surface area contributed by atoms with Crippen LogP contribution in [0.15, 0.2) is 24.3 Å². The summed E-state index contributed by atoms with van der Waals surface area (Å²) in [6.45, 7) is 4.64. The molecule has 1 N–H and O–H groups in total. The number of allylic oxidation sites excluding steroid dienone is 4. The molecule has 0 aromatic rings. The average molecular weight is 695 g/mol. The van der Waals surface area contributed by atoms with E-state index in [4.69, 9.17) is 14.2 Å². The molecule has 0 aromatic heterocycles. The summed E-state index contributed by atoms with van der Waals surface area (Å²) in [7, 11) is 5.51. The van der Waals surface area contributed by atoms with Crippen LogP contribution < -0.4 is 0 Å². The van der Waals surface area contributed by atoms with Gasteiger partial charge in [-0.3, -0.25) is 9.59 Å². The molecule has 8 heteroatoms. The maximum atomic E-state index is 12.6. The van der Waals surface area contributed by atoms with E-state index in [2.05, 4.69) is 38.2 Å². The molecule has 2 unspecified atom stereocenters. The fourth-order valence-corrected chi connectivity index (χ4v) is 5.71. The van der Waals surface area contributed by atoms with Gasteiger partial charge in [0.2, 0.25) is 0 Å². The summed E-state index contributed by atoms with van der Waals surface area (Å²) in [6, 6.07) is -0.610. The maximum Gasteiger partial charge on any atom is 0.362 e. The quantitative estimate of drug-likeness (QED) is 0.0305. The van der Waals surface area contributed by atoms with E-state index in [-0.39, 0.29) is 36.2 Å². The Morgan fingerprint density at radius 3 is 1.61 bits per heavy atom. The third-order valence-corrected chi connectivity index (χ3v) is 8.85. The maximum absolute atomic E-state index is 12.6. The molecule has 0 fully saturated rings. The molecule has 8 nitrogen and oxygen atoms in total. The number of unbranched alkanes of at least 4 members (excludes halogenated alkanes) is 17. The molecule has 0 saturated heterocycles. The number of carbonyl (C=O) groups is 3. The highest BCUT2D eigenvalue weighted by Crippen LogP contribution is 2.14. The fourth-order valence-electron chi connectivity index (χ4n) is 5.71. The Labute approximate surface area is 301 Å². The molecule has 0 aliphatic rings. The van der Waals surface area contributed by atoms with E-state index in [1.165, 1.54) is 89.9 Å². The highest BCUT2D eigenvalue weighted by Gasteiger charge is 2.31. The lowest BCUT2D eigenvalue weighted by Crippen LogP contribution is -2.50. The second-order valence-corrected chi connectivity index (χ2v) is 14.5. The smallest absolute Gasteiger partial charge is 0.362 e. The number of ether oxygens (including phenoxy) is 3. The van der Waals surface area contributed by atoms with Gasteiger partial charge < -0.3 is 23.8 Å². The van der Waals surface area contributed by atoms with E-state index in [0.717, 1.165) is 44.9 Å². The molecule has 0 radical (unpaired) electrons. The molecular formula is C41H76NO7+. The van der Waals surface area contributed by atoms with E-state index in [1.807, 2.05) is 21.1 Å². The average Bonchev–Trinajstić information content (AvgIpc) is 3.05. The minimum atomic E-state index is -0.877. The zero-order valence-corrected chi connectivity index (χ0v) is 32.4. The first kappa shape index (κ1) is 46.8. The molecule has 0 aliphatic carbocycles. The molecule has 0 aliphatic heterocycles. The van der Waals surface area contributed by atoms with Crippen molar-refractivity contribution >= 4 is 17.9 Å². The van der Waals surface area contributed by atoms with Crippen molar-refractivity contribution in [1.29, 1.82) is 0 Å². The Hall–Kier alpha value is -2.19. The van der Waals surface area contributed by atoms with E-state index < -0.39 is 18.1 Å². The minimum Gasteiger partial charge on any atom is -0.477 e.